The third kappa shape index (κ3) is 8.29. The highest BCUT2D eigenvalue weighted by Gasteiger charge is 2.27. The minimum absolute atomic E-state index is 0. The fraction of sp³-hybridized carbons (Fsp3) is 0.650. The monoisotopic (exact) mass is 538 g/mol. The predicted molar refractivity (Wildman–Crippen MR) is 130 cm³/mol. The Morgan fingerprint density at radius 2 is 1.97 bits per heavy atom. The third-order valence-corrected chi connectivity index (χ3v) is 6.93. The highest BCUT2D eigenvalue weighted by atomic mass is 127. The number of aryl methyl sites for hydroxylation is 1. The fourth-order valence-corrected chi connectivity index (χ4v) is 4.78. The zero-order valence-electron chi connectivity index (χ0n) is 17.8. The van der Waals surface area contributed by atoms with E-state index in [1.54, 1.807) is 11.4 Å². The van der Waals surface area contributed by atoms with E-state index in [9.17, 15) is 8.42 Å². The van der Waals surface area contributed by atoms with Crippen LogP contribution < -0.4 is 15.4 Å². The Balaban J connectivity index is 0.00000420. The quantitative estimate of drug-likeness (QED) is 0.302. The Bertz CT molecular complexity index is 750. The number of nitrogens with one attached hydrogen (secondary N) is 2. The molecule has 1 unspecified atom stereocenters. The lowest BCUT2D eigenvalue weighted by molar-refractivity contribution is 0.222. The first-order valence-electron chi connectivity index (χ1n) is 10.0. The second-order valence-corrected chi connectivity index (χ2v) is 9.37. The summed E-state index contributed by atoms with van der Waals surface area (Å²) in [6.07, 6.45) is 2.19. The summed E-state index contributed by atoms with van der Waals surface area (Å²) >= 11 is 0. The molecule has 0 saturated carbocycles. The molecule has 1 aliphatic heterocycles. The second-order valence-electron chi connectivity index (χ2n) is 7.28. The average molecular weight is 538 g/mol. The number of guanidine groups is 1. The van der Waals surface area contributed by atoms with E-state index in [1.165, 1.54) is 0 Å². The maximum atomic E-state index is 12.2. The number of benzene rings is 1. The largest absolute Gasteiger partial charge is 0.489 e. The maximum Gasteiger partial charge on any atom is 0.214 e. The van der Waals surface area contributed by atoms with Crippen molar-refractivity contribution in [3.05, 3.63) is 29.8 Å². The number of nitrogens with zero attached hydrogens (tertiary/aromatic N) is 2. The minimum atomic E-state index is -3.10. The van der Waals surface area contributed by atoms with Crippen LogP contribution in [0.5, 0.6) is 5.75 Å². The van der Waals surface area contributed by atoms with E-state index in [0.29, 0.717) is 26.1 Å². The average Bonchev–Trinajstić information content (AvgIpc) is 2.67. The fourth-order valence-electron chi connectivity index (χ4n) is 3.24. The second kappa shape index (κ2) is 12.6. The number of ether oxygens (including phenoxy) is 1. The Morgan fingerprint density at radius 3 is 2.55 bits per heavy atom. The van der Waals surface area contributed by atoms with Crippen LogP contribution in [0.1, 0.15) is 38.7 Å². The summed E-state index contributed by atoms with van der Waals surface area (Å²) in [5.74, 6) is 1.84. The van der Waals surface area contributed by atoms with Gasteiger partial charge in [0.1, 0.15) is 11.9 Å². The van der Waals surface area contributed by atoms with Crippen LogP contribution in [-0.2, 0) is 10.0 Å². The highest BCUT2D eigenvalue weighted by Crippen LogP contribution is 2.18. The molecule has 2 N–H and O–H groups in total. The summed E-state index contributed by atoms with van der Waals surface area (Å²) < 4.78 is 32.0. The smallest absolute Gasteiger partial charge is 0.214 e. The molecular formula is C20H35IN4O3S. The lowest BCUT2D eigenvalue weighted by Crippen LogP contribution is -2.51. The molecule has 7 nitrogen and oxygen atoms in total. The topological polar surface area (TPSA) is 83.0 Å². The van der Waals surface area contributed by atoms with E-state index < -0.39 is 10.0 Å². The van der Waals surface area contributed by atoms with Crippen molar-refractivity contribution in [1.29, 1.82) is 0 Å². The summed E-state index contributed by atoms with van der Waals surface area (Å²) in [5.41, 5.74) is 1.11. The molecule has 0 spiro atoms. The van der Waals surface area contributed by atoms with Crippen LogP contribution in [0.25, 0.3) is 0 Å². The van der Waals surface area contributed by atoms with Crippen molar-refractivity contribution in [2.75, 3.05) is 32.4 Å². The van der Waals surface area contributed by atoms with Crippen molar-refractivity contribution in [3.8, 4) is 5.75 Å². The molecule has 1 saturated heterocycles. The molecular weight excluding hydrogens is 503 g/mol. The molecule has 1 aromatic carbocycles. The van der Waals surface area contributed by atoms with Gasteiger partial charge in [-0.05, 0) is 44.7 Å². The van der Waals surface area contributed by atoms with Crippen LogP contribution in [0.4, 0.5) is 0 Å². The van der Waals surface area contributed by atoms with E-state index in [0.717, 1.165) is 30.1 Å². The van der Waals surface area contributed by atoms with Gasteiger partial charge in [0.15, 0.2) is 5.96 Å². The van der Waals surface area contributed by atoms with E-state index in [-0.39, 0.29) is 41.9 Å². The first-order valence-corrected chi connectivity index (χ1v) is 11.6. The van der Waals surface area contributed by atoms with Crippen LogP contribution in [0, 0.1) is 6.92 Å². The Morgan fingerprint density at radius 1 is 1.31 bits per heavy atom. The number of para-hydroxylation sites is 1. The number of hydrogen-bond acceptors (Lipinski definition) is 4. The first kappa shape index (κ1) is 26.0. The maximum absolute atomic E-state index is 12.2. The molecule has 0 amide bonds. The van der Waals surface area contributed by atoms with E-state index in [4.69, 9.17) is 4.74 Å². The van der Waals surface area contributed by atoms with Crippen molar-refractivity contribution in [2.45, 2.75) is 52.2 Å². The van der Waals surface area contributed by atoms with Crippen LogP contribution in [-0.4, -0.2) is 63.3 Å². The normalized spacial score (nSPS) is 17.3. The van der Waals surface area contributed by atoms with Gasteiger partial charge < -0.3 is 15.4 Å². The van der Waals surface area contributed by atoms with Gasteiger partial charge in [0.2, 0.25) is 10.0 Å². The van der Waals surface area contributed by atoms with Gasteiger partial charge in [-0.25, -0.2) is 12.7 Å². The summed E-state index contributed by atoms with van der Waals surface area (Å²) in [5, 5.41) is 6.70. The van der Waals surface area contributed by atoms with Gasteiger partial charge in [0.25, 0.3) is 0 Å². The number of aliphatic imine (C=N–C) groups is 1. The number of halogens is 1. The van der Waals surface area contributed by atoms with E-state index >= 15 is 0 Å². The van der Waals surface area contributed by atoms with Crippen molar-refractivity contribution in [1.82, 2.24) is 14.9 Å². The number of hydrogen-bond donors (Lipinski definition) is 2. The Hall–Kier alpha value is -1.07. The molecule has 9 heteroatoms. The van der Waals surface area contributed by atoms with Crippen molar-refractivity contribution < 1.29 is 13.2 Å². The minimum Gasteiger partial charge on any atom is -0.489 e. The lowest BCUT2D eigenvalue weighted by atomic mass is 10.1. The van der Waals surface area contributed by atoms with Crippen LogP contribution in [0.15, 0.2) is 29.3 Å². The van der Waals surface area contributed by atoms with Gasteiger partial charge in [-0.3, -0.25) is 4.99 Å². The number of piperidine rings is 1. The SMILES string of the molecule is CCCS(=O)(=O)N1CCC(NC(=NC)NCC(C)Oc2ccccc2C)CC1.I. The molecule has 1 atom stereocenters. The molecule has 166 valence electrons. The molecule has 1 aliphatic rings. The van der Waals surface area contributed by atoms with Gasteiger partial charge in [-0.15, -0.1) is 24.0 Å². The molecule has 0 aromatic heterocycles. The third-order valence-electron chi connectivity index (χ3n) is 4.85. The Labute approximate surface area is 192 Å². The molecule has 2 rings (SSSR count). The van der Waals surface area contributed by atoms with Gasteiger partial charge >= 0.3 is 0 Å². The summed E-state index contributed by atoms with van der Waals surface area (Å²) in [6, 6.07) is 8.18. The summed E-state index contributed by atoms with van der Waals surface area (Å²) in [7, 11) is -1.36. The molecule has 1 aromatic rings. The lowest BCUT2D eigenvalue weighted by Gasteiger charge is -2.32. The zero-order valence-corrected chi connectivity index (χ0v) is 21.0. The van der Waals surface area contributed by atoms with Gasteiger partial charge in [0.05, 0.1) is 12.3 Å². The molecule has 0 bridgehead atoms. The van der Waals surface area contributed by atoms with Crippen LogP contribution in [0.2, 0.25) is 0 Å². The molecule has 1 fully saturated rings. The Kier molecular flexibility index (Phi) is 11.3. The highest BCUT2D eigenvalue weighted by molar-refractivity contribution is 14.0. The predicted octanol–water partition coefficient (Wildman–Crippen LogP) is 2.75. The summed E-state index contributed by atoms with van der Waals surface area (Å²) in [6.45, 7) is 7.68. The number of sulfonamides is 1. The zero-order chi connectivity index (χ0) is 20.6. The van der Waals surface area contributed by atoms with E-state index in [2.05, 4.69) is 15.6 Å². The van der Waals surface area contributed by atoms with Gasteiger partial charge in [0, 0.05) is 26.2 Å². The van der Waals surface area contributed by atoms with Crippen LogP contribution >= 0.6 is 24.0 Å². The standard InChI is InChI=1S/C20H34N4O3S.HI/c1-5-14-28(25,26)24-12-10-18(11-13-24)23-20(21-4)22-15-17(3)27-19-9-7-6-8-16(19)2;/h6-9,17-18H,5,10-15H2,1-4H3,(H2,21,22,23);1H. The summed E-state index contributed by atoms with van der Waals surface area (Å²) in [4.78, 5) is 4.28. The van der Waals surface area contributed by atoms with Crippen LogP contribution in [0.3, 0.4) is 0 Å². The first-order chi connectivity index (χ1) is 13.4. The molecule has 0 radical (unpaired) electrons. The van der Waals surface area contributed by atoms with Crippen molar-refractivity contribution in [3.63, 3.8) is 0 Å². The van der Waals surface area contributed by atoms with Gasteiger partial charge in [-0.2, -0.15) is 0 Å². The van der Waals surface area contributed by atoms with Crippen molar-refractivity contribution in [2.24, 2.45) is 4.99 Å². The van der Waals surface area contributed by atoms with Crippen molar-refractivity contribution >= 4 is 40.0 Å². The molecule has 0 aliphatic carbocycles. The number of rotatable bonds is 8. The van der Waals surface area contributed by atoms with Gasteiger partial charge in [-0.1, -0.05) is 25.1 Å². The van der Waals surface area contributed by atoms with E-state index in [1.807, 2.05) is 45.0 Å². The molecule has 29 heavy (non-hydrogen) atoms. The molecule has 1 heterocycles.